The highest BCUT2D eigenvalue weighted by Gasteiger charge is 2.43. The first-order chi connectivity index (χ1) is 11.1. The predicted molar refractivity (Wildman–Crippen MR) is 89.3 cm³/mol. The van der Waals surface area contributed by atoms with Gasteiger partial charge in [0.2, 0.25) is 5.91 Å². The van der Waals surface area contributed by atoms with Gasteiger partial charge in [0.05, 0.1) is 0 Å². The van der Waals surface area contributed by atoms with Crippen molar-refractivity contribution in [3.63, 3.8) is 0 Å². The molecule has 8 nitrogen and oxygen atoms in total. The van der Waals surface area contributed by atoms with Gasteiger partial charge < -0.3 is 14.5 Å². The Morgan fingerprint density at radius 2 is 2.04 bits per heavy atom. The number of piperidine rings is 1. The van der Waals surface area contributed by atoms with Crippen LogP contribution in [0.15, 0.2) is 5.11 Å². The standard InChI is InChI=1S/C16H27N5O3/c1-15(2,3)24-14(23)20-7-5-16(4,6-8-20)21-11-12(9-13(21)22)10-18-19-17/h12H,5-11H2,1-4H3. The normalized spacial score (nSPS) is 23.8. The highest BCUT2D eigenvalue weighted by atomic mass is 16.6. The Morgan fingerprint density at radius 3 is 2.58 bits per heavy atom. The lowest BCUT2D eigenvalue weighted by molar-refractivity contribution is -0.134. The summed E-state index contributed by atoms with van der Waals surface area (Å²) < 4.78 is 5.41. The van der Waals surface area contributed by atoms with Gasteiger partial charge in [-0.15, -0.1) is 0 Å². The van der Waals surface area contributed by atoms with Gasteiger partial charge >= 0.3 is 6.09 Å². The van der Waals surface area contributed by atoms with E-state index in [0.29, 0.717) is 32.6 Å². The van der Waals surface area contributed by atoms with Crippen molar-refractivity contribution in [2.24, 2.45) is 11.0 Å². The summed E-state index contributed by atoms with van der Waals surface area (Å²) in [5, 5.41) is 3.59. The molecule has 0 aliphatic carbocycles. The summed E-state index contributed by atoms with van der Waals surface area (Å²) in [5.74, 6) is 0.204. The van der Waals surface area contributed by atoms with Gasteiger partial charge in [0.25, 0.3) is 0 Å². The second-order valence-corrected chi connectivity index (χ2v) is 7.95. The molecule has 2 saturated heterocycles. The lowest BCUT2D eigenvalue weighted by Crippen LogP contribution is -2.55. The molecule has 0 aromatic heterocycles. The molecule has 1 atom stereocenters. The maximum absolute atomic E-state index is 12.3. The summed E-state index contributed by atoms with van der Waals surface area (Å²) in [6, 6.07) is 0. The number of likely N-dealkylation sites (tertiary alicyclic amines) is 2. The van der Waals surface area contributed by atoms with Gasteiger partial charge in [0.1, 0.15) is 5.60 Å². The van der Waals surface area contributed by atoms with Crippen LogP contribution in [0.2, 0.25) is 0 Å². The molecule has 2 heterocycles. The molecule has 134 valence electrons. The lowest BCUT2D eigenvalue weighted by Gasteiger charge is -2.45. The molecule has 0 bridgehead atoms. The van der Waals surface area contributed by atoms with Crippen LogP contribution in [0.1, 0.15) is 47.0 Å². The fourth-order valence-electron chi connectivity index (χ4n) is 3.34. The molecule has 0 N–H and O–H groups in total. The van der Waals surface area contributed by atoms with Gasteiger partial charge in [-0.1, -0.05) is 5.11 Å². The zero-order valence-electron chi connectivity index (χ0n) is 15.0. The Balaban J connectivity index is 1.93. The summed E-state index contributed by atoms with van der Waals surface area (Å²) in [6.45, 7) is 9.78. The van der Waals surface area contributed by atoms with Crippen LogP contribution in [0.3, 0.4) is 0 Å². The summed E-state index contributed by atoms with van der Waals surface area (Å²) in [5.41, 5.74) is 7.68. The Labute approximate surface area is 142 Å². The number of hydrogen-bond donors (Lipinski definition) is 0. The molecule has 2 aliphatic rings. The zero-order valence-corrected chi connectivity index (χ0v) is 15.0. The molecule has 2 fully saturated rings. The number of hydrogen-bond acceptors (Lipinski definition) is 4. The smallest absolute Gasteiger partial charge is 0.410 e. The Hall–Kier alpha value is -1.95. The number of azide groups is 1. The summed E-state index contributed by atoms with van der Waals surface area (Å²) in [4.78, 5) is 30.9. The van der Waals surface area contributed by atoms with Crippen LogP contribution in [0.4, 0.5) is 4.79 Å². The fraction of sp³-hybridized carbons (Fsp3) is 0.875. The van der Waals surface area contributed by atoms with Gasteiger partial charge in [-0.2, -0.15) is 0 Å². The Kier molecular flexibility index (Phi) is 5.28. The van der Waals surface area contributed by atoms with E-state index in [9.17, 15) is 9.59 Å². The number of rotatable bonds is 3. The highest BCUT2D eigenvalue weighted by Crippen LogP contribution is 2.34. The SMILES string of the molecule is CC(C)(C)OC(=O)N1CCC(C)(N2CC(CN=[N+]=[N-])CC2=O)CC1. The molecule has 0 aromatic carbocycles. The van der Waals surface area contributed by atoms with Crippen molar-refractivity contribution in [1.29, 1.82) is 0 Å². The number of ether oxygens (including phenoxy) is 1. The molecule has 8 heteroatoms. The van der Waals surface area contributed by atoms with Crippen LogP contribution in [-0.4, -0.2) is 59.1 Å². The molecule has 24 heavy (non-hydrogen) atoms. The highest BCUT2D eigenvalue weighted by molar-refractivity contribution is 5.79. The molecule has 1 unspecified atom stereocenters. The topological polar surface area (TPSA) is 98.6 Å². The van der Waals surface area contributed by atoms with Crippen molar-refractivity contribution in [1.82, 2.24) is 9.80 Å². The minimum atomic E-state index is -0.503. The first kappa shape index (κ1) is 18.4. The monoisotopic (exact) mass is 337 g/mol. The summed E-state index contributed by atoms with van der Waals surface area (Å²) in [7, 11) is 0. The van der Waals surface area contributed by atoms with Crippen molar-refractivity contribution in [3.8, 4) is 0 Å². The van der Waals surface area contributed by atoms with Gasteiger partial charge in [0, 0.05) is 43.1 Å². The number of nitrogens with zero attached hydrogens (tertiary/aromatic N) is 5. The second kappa shape index (κ2) is 6.89. The van der Waals surface area contributed by atoms with Crippen molar-refractivity contribution in [3.05, 3.63) is 10.4 Å². The molecule has 0 aromatic rings. The van der Waals surface area contributed by atoms with Gasteiger partial charge in [0.15, 0.2) is 0 Å². The minimum Gasteiger partial charge on any atom is -0.444 e. The fourth-order valence-corrected chi connectivity index (χ4v) is 3.34. The van der Waals surface area contributed by atoms with Crippen molar-refractivity contribution in [2.75, 3.05) is 26.2 Å². The molecule has 0 radical (unpaired) electrons. The number of carbonyl (C=O) groups is 2. The second-order valence-electron chi connectivity index (χ2n) is 7.95. The van der Waals surface area contributed by atoms with Crippen LogP contribution in [0.25, 0.3) is 10.4 Å². The van der Waals surface area contributed by atoms with Crippen LogP contribution < -0.4 is 0 Å². The largest absolute Gasteiger partial charge is 0.444 e. The molecule has 2 aliphatic heterocycles. The van der Waals surface area contributed by atoms with Gasteiger partial charge in [-0.05, 0) is 52.0 Å². The van der Waals surface area contributed by atoms with E-state index in [-0.39, 0.29) is 23.5 Å². The van der Waals surface area contributed by atoms with Crippen molar-refractivity contribution < 1.29 is 14.3 Å². The quantitative estimate of drug-likeness (QED) is 0.449. The molecule has 2 amide bonds. The van der Waals surface area contributed by atoms with E-state index in [4.69, 9.17) is 10.3 Å². The molecule has 0 saturated carbocycles. The van der Waals surface area contributed by atoms with Crippen LogP contribution in [0, 0.1) is 5.92 Å². The minimum absolute atomic E-state index is 0.0918. The summed E-state index contributed by atoms with van der Waals surface area (Å²) in [6.07, 6.45) is 1.60. The van der Waals surface area contributed by atoms with Crippen molar-refractivity contribution in [2.45, 2.75) is 58.1 Å². The lowest BCUT2D eigenvalue weighted by atomic mass is 9.88. The molecular weight excluding hydrogens is 310 g/mol. The zero-order chi connectivity index (χ0) is 18.0. The summed E-state index contributed by atoms with van der Waals surface area (Å²) >= 11 is 0. The maximum Gasteiger partial charge on any atom is 0.410 e. The van der Waals surface area contributed by atoms with Gasteiger partial charge in [-0.25, -0.2) is 4.79 Å². The Morgan fingerprint density at radius 1 is 1.42 bits per heavy atom. The maximum atomic E-state index is 12.3. The van der Waals surface area contributed by atoms with Crippen molar-refractivity contribution >= 4 is 12.0 Å². The van der Waals surface area contributed by atoms with Crippen LogP contribution in [-0.2, 0) is 9.53 Å². The third-order valence-corrected chi connectivity index (χ3v) is 4.75. The average molecular weight is 337 g/mol. The third kappa shape index (κ3) is 4.32. The van der Waals surface area contributed by atoms with E-state index in [1.54, 1.807) is 4.90 Å². The average Bonchev–Trinajstić information content (AvgIpc) is 2.86. The Bertz CT molecular complexity index is 542. The van der Waals surface area contributed by atoms with Crippen LogP contribution >= 0.6 is 0 Å². The number of carbonyl (C=O) groups excluding carboxylic acids is 2. The first-order valence-electron chi connectivity index (χ1n) is 8.44. The number of amides is 2. The molecular formula is C16H27N5O3. The van der Waals surface area contributed by atoms with E-state index in [0.717, 1.165) is 12.8 Å². The van der Waals surface area contributed by atoms with E-state index in [2.05, 4.69) is 16.9 Å². The van der Waals surface area contributed by atoms with Gasteiger partial charge in [-0.3, -0.25) is 4.79 Å². The van der Waals surface area contributed by atoms with Crippen LogP contribution in [0.5, 0.6) is 0 Å². The predicted octanol–water partition coefficient (Wildman–Crippen LogP) is 2.93. The third-order valence-electron chi connectivity index (χ3n) is 4.75. The molecule has 0 spiro atoms. The van der Waals surface area contributed by atoms with E-state index in [1.807, 2.05) is 25.7 Å². The van der Waals surface area contributed by atoms with E-state index in [1.165, 1.54) is 0 Å². The van der Waals surface area contributed by atoms with E-state index >= 15 is 0 Å². The molecule has 2 rings (SSSR count). The van der Waals surface area contributed by atoms with E-state index < -0.39 is 5.60 Å². The first-order valence-corrected chi connectivity index (χ1v) is 8.44.